The monoisotopic (exact) mass is 283 g/mol. The van der Waals surface area contributed by atoms with Crippen molar-refractivity contribution in [3.63, 3.8) is 0 Å². The van der Waals surface area contributed by atoms with Crippen LogP contribution >= 0.6 is 0 Å². The summed E-state index contributed by atoms with van der Waals surface area (Å²) in [5, 5.41) is 14.5. The summed E-state index contributed by atoms with van der Waals surface area (Å²) in [4.78, 5) is 36.1. The Bertz CT molecular complexity index is 408. The van der Waals surface area contributed by atoms with Gasteiger partial charge >= 0.3 is 12.0 Å². The normalized spacial score (nSPS) is 25.9. The highest BCUT2D eigenvalue weighted by Gasteiger charge is 2.37. The molecule has 2 aliphatic rings. The number of urea groups is 1. The van der Waals surface area contributed by atoms with E-state index in [1.807, 2.05) is 6.92 Å². The fourth-order valence-corrected chi connectivity index (χ4v) is 2.56. The molecule has 7 heteroatoms. The van der Waals surface area contributed by atoms with Crippen molar-refractivity contribution in [1.29, 1.82) is 0 Å². The third-order valence-corrected chi connectivity index (χ3v) is 3.79. The van der Waals surface area contributed by atoms with E-state index in [-0.39, 0.29) is 24.4 Å². The molecule has 0 aromatic rings. The smallest absolute Gasteiger partial charge is 0.326 e. The summed E-state index contributed by atoms with van der Waals surface area (Å²) >= 11 is 0. The number of piperidine rings is 1. The Morgan fingerprint density at radius 2 is 1.95 bits per heavy atom. The third-order valence-electron chi connectivity index (χ3n) is 3.79. The van der Waals surface area contributed by atoms with Crippen molar-refractivity contribution in [2.75, 3.05) is 13.1 Å². The zero-order valence-electron chi connectivity index (χ0n) is 11.6. The van der Waals surface area contributed by atoms with Crippen LogP contribution in [0.3, 0.4) is 0 Å². The summed E-state index contributed by atoms with van der Waals surface area (Å²) in [5.74, 6) is -1.29. The molecule has 0 radical (unpaired) electrons. The average Bonchev–Trinajstić information content (AvgIpc) is 3.19. The second-order valence-corrected chi connectivity index (χ2v) is 5.60. The molecule has 2 unspecified atom stereocenters. The number of nitrogens with zero attached hydrogens (tertiary/aromatic N) is 1. The summed E-state index contributed by atoms with van der Waals surface area (Å²) in [6, 6.07) is -1.04. The molecule has 3 N–H and O–H groups in total. The molecule has 1 saturated carbocycles. The second kappa shape index (κ2) is 6.11. The lowest BCUT2D eigenvalue weighted by atomic mass is 9.91. The van der Waals surface area contributed by atoms with Crippen molar-refractivity contribution < 1.29 is 19.5 Å². The minimum Gasteiger partial charge on any atom is -0.480 e. The summed E-state index contributed by atoms with van der Waals surface area (Å²) in [6.45, 7) is 2.14. The molecule has 2 fully saturated rings. The summed E-state index contributed by atoms with van der Waals surface area (Å²) in [7, 11) is 0. The molecule has 7 nitrogen and oxygen atoms in total. The average molecular weight is 283 g/mol. The van der Waals surface area contributed by atoms with Crippen LogP contribution in [-0.2, 0) is 9.59 Å². The van der Waals surface area contributed by atoms with Gasteiger partial charge in [0.05, 0.1) is 6.54 Å². The maximum atomic E-state index is 12.0. The van der Waals surface area contributed by atoms with Gasteiger partial charge in [-0.25, -0.2) is 9.59 Å². The molecule has 0 spiro atoms. The van der Waals surface area contributed by atoms with E-state index in [0.717, 1.165) is 25.7 Å². The van der Waals surface area contributed by atoms with Crippen LogP contribution in [0.4, 0.5) is 4.79 Å². The largest absolute Gasteiger partial charge is 0.480 e. The van der Waals surface area contributed by atoms with E-state index in [1.165, 1.54) is 4.90 Å². The number of likely N-dealkylation sites (tertiary alicyclic amines) is 1. The van der Waals surface area contributed by atoms with Gasteiger partial charge in [0.2, 0.25) is 5.91 Å². The van der Waals surface area contributed by atoms with Gasteiger partial charge in [-0.05, 0) is 31.6 Å². The van der Waals surface area contributed by atoms with Crippen LogP contribution in [0.15, 0.2) is 0 Å². The molecule has 0 aromatic heterocycles. The minimum absolute atomic E-state index is 0.0766. The maximum Gasteiger partial charge on any atom is 0.326 e. The van der Waals surface area contributed by atoms with E-state index < -0.39 is 18.0 Å². The van der Waals surface area contributed by atoms with Gasteiger partial charge in [-0.3, -0.25) is 4.79 Å². The zero-order valence-corrected chi connectivity index (χ0v) is 11.6. The molecule has 2 atom stereocenters. The van der Waals surface area contributed by atoms with Gasteiger partial charge in [0, 0.05) is 12.6 Å². The number of aliphatic carboxylic acids is 1. The number of carboxylic acids is 1. The first-order valence-corrected chi connectivity index (χ1v) is 7.05. The van der Waals surface area contributed by atoms with Crippen molar-refractivity contribution >= 4 is 17.9 Å². The Morgan fingerprint density at radius 3 is 2.55 bits per heavy atom. The number of hydrogen-bond acceptors (Lipinski definition) is 3. The van der Waals surface area contributed by atoms with E-state index >= 15 is 0 Å². The van der Waals surface area contributed by atoms with Crippen LogP contribution in [0.1, 0.15) is 32.6 Å². The minimum atomic E-state index is -0.991. The van der Waals surface area contributed by atoms with Gasteiger partial charge in [0.1, 0.15) is 6.04 Å². The van der Waals surface area contributed by atoms with Crippen LogP contribution in [-0.4, -0.2) is 53.1 Å². The van der Waals surface area contributed by atoms with Crippen molar-refractivity contribution in [3.05, 3.63) is 0 Å². The lowest BCUT2D eigenvalue weighted by Crippen LogP contribution is -2.56. The van der Waals surface area contributed by atoms with Crippen molar-refractivity contribution in [3.8, 4) is 0 Å². The number of hydrogen-bond donors (Lipinski definition) is 3. The molecule has 2 rings (SSSR count). The Balaban J connectivity index is 1.85. The van der Waals surface area contributed by atoms with E-state index in [1.54, 1.807) is 0 Å². The van der Waals surface area contributed by atoms with Crippen molar-refractivity contribution in [2.24, 2.45) is 5.92 Å². The van der Waals surface area contributed by atoms with Crippen LogP contribution in [0, 0.1) is 5.92 Å². The molecule has 20 heavy (non-hydrogen) atoms. The first-order valence-electron chi connectivity index (χ1n) is 7.05. The van der Waals surface area contributed by atoms with Gasteiger partial charge in [0.15, 0.2) is 0 Å². The van der Waals surface area contributed by atoms with E-state index in [0.29, 0.717) is 6.54 Å². The molecule has 1 aliphatic heterocycles. The van der Waals surface area contributed by atoms with Gasteiger partial charge in [0.25, 0.3) is 0 Å². The molecular weight excluding hydrogens is 262 g/mol. The standard InChI is InChI=1S/C13H21N3O4/c1-8-3-2-6-16(11(8)12(18)19)13(20)14-7-10(17)15-9-4-5-9/h8-9,11H,2-7H2,1H3,(H,14,20)(H,15,17)(H,18,19). The lowest BCUT2D eigenvalue weighted by Gasteiger charge is -2.37. The second-order valence-electron chi connectivity index (χ2n) is 5.60. The predicted octanol–water partition coefficient (Wildman–Crippen LogP) is 0.160. The van der Waals surface area contributed by atoms with E-state index in [9.17, 15) is 19.5 Å². The highest BCUT2D eigenvalue weighted by molar-refractivity contribution is 5.87. The number of rotatable bonds is 4. The van der Waals surface area contributed by atoms with E-state index in [2.05, 4.69) is 10.6 Å². The number of amides is 3. The molecular formula is C13H21N3O4. The predicted molar refractivity (Wildman–Crippen MR) is 71.1 cm³/mol. The Hall–Kier alpha value is -1.79. The third kappa shape index (κ3) is 3.61. The van der Waals surface area contributed by atoms with Gasteiger partial charge in [-0.15, -0.1) is 0 Å². The molecule has 3 amide bonds. The first-order chi connectivity index (χ1) is 9.49. The molecule has 112 valence electrons. The molecule has 1 heterocycles. The summed E-state index contributed by atoms with van der Waals surface area (Å²) < 4.78 is 0. The first kappa shape index (κ1) is 14.6. The number of nitrogens with one attached hydrogen (secondary N) is 2. The van der Waals surface area contributed by atoms with Gasteiger partial charge < -0.3 is 20.6 Å². The Labute approximate surface area is 117 Å². The summed E-state index contributed by atoms with van der Waals surface area (Å²) in [5.41, 5.74) is 0. The molecule has 1 saturated heterocycles. The topological polar surface area (TPSA) is 98.7 Å². The van der Waals surface area contributed by atoms with Gasteiger partial charge in [-0.1, -0.05) is 6.92 Å². The quantitative estimate of drug-likeness (QED) is 0.684. The SMILES string of the molecule is CC1CCCN(C(=O)NCC(=O)NC2CC2)C1C(=O)O. The van der Waals surface area contributed by atoms with Crippen LogP contribution < -0.4 is 10.6 Å². The molecule has 0 aromatic carbocycles. The zero-order chi connectivity index (χ0) is 14.7. The fourth-order valence-electron chi connectivity index (χ4n) is 2.56. The summed E-state index contributed by atoms with van der Waals surface area (Å²) in [6.07, 6.45) is 3.56. The number of carbonyl (C=O) groups is 3. The Morgan fingerprint density at radius 1 is 1.25 bits per heavy atom. The lowest BCUT2D eigenvalue weighted by molar-refractivity contribution is -0.145. The van der Waals surface area contributed by atoms with Crippen LogP contribution in [0.5, 0.6) is 0 Å². The Kier molecular flexibility index (Phi) is 4.46. The number of carbonyl (C=O) groups excluding carboxylic acids is 2. The van der Waals surface area contributed by atoms with Crippen molar-refractivity contribution in [2.45, 2.75) is 44.7 Å². The number of carboxylic acid groups (broad SMARTS) is 1. The van der Waals surface area contributed by atoms with Crippen LogP contribution in [0.25, 0.3) is 0 Å². The van der Waals surface area contributed by atoms with E-state index in [4.69, 9.17) is 0 Å². The highest BCUT2D eigenvalue weighted by Crippen LogP contribution is 2.23. The van der Waals surface area contributed by atoms with Crippen LogP contribution in [0.2, 0.25) is 0 Å². The molecule has 1 aliphatic carbocycles. The fraction of sp³-hybridized carbons (Fsp3) is 0.769. The highest BCUT2D eigenvalue weighted by atomic mass is 16.4. The molecule has 0 bridgehead atoms. The van der Waals surface area contributed by atoms with Gasteiger partial charge in [-0.2, -0.15) is 0 Å². The maximum absolute atomic E-state index is 12.0. The van der Waals surface area contributed by atoms with Crippen molar-refractivity contribution in [1.82, 2.24) is 15.5 Å².